The number of hydrogen-bond donors (Lipinski definition) is 2. The number of nitrogens with zero attached hydrogens (tertiary/aromatic N) is 2. The summed E-state index contributed by atoms with van der Waals surface area (Å²) in [5.74, 6) is 0.615. The van der Waals surface area contributed by atoms with Crippen LogP contribution < -0.4 is 5.73 Å². The van der Waals surface area contributed by atoms with Crippen LogP contribution >= 0.6 is 40.1 Å². The van der Waals surface area contributed by atoms with Gasteiger partial charge in [0.1, 0.15) is 0 Å². The lowest BCUT2D eigenvalue weighted by Crippen LogP contribution is -2.03. The fourth-order valence-electron chi connectivity index (χ4n) is 2.26. The number of rotatable bonds is 4. The van der Waals surface area contributed by atoms with E-state index in [9.17, 15) is 0 Å². The van der Waals surface area contributed by atoms with Gasteiger partial charge in [0.25, 0.3) is 0 Å². The summed E-state index contributed by atoms with van der Waals surface area (Å²) in [6, 6.07) is 18.0. The minimum Gasteiger partial charge on any atom is -0.379 e. The number of thioether (sulfide) groups is 1. The SMILES string of the molecule is Cl.N=C(N)SCc1cn(-c2ccccc2)nc1-c1cccc(Br)c1. The van der Waals surface area contributed by atoms with Crippen LogP contribution in [0.1, 0.15) is 5.56 Å². The van der Waals surface area contributed by atoms with E-state index >= 15 is 0 Å². The molecule has 0 saturated carbocycles. The molecule has 0 aliphatic heterocycles. The van der Waals surface area contributed by atoms with Gasteiger partial charge in [-0.3, -0.25) is 5.41 Å². The number of nitrogens with two attached hydrogens (primary N) is 1. The summed E-state index contributed by atoms with van der Waals surface area (Å²) in [4.78, 5) is 0. The zero-order chi connectivity index (χ0) is 16.2. The zero-order valence-corrected chi connectivity index (χ0v) is 15.9. The van der Waals surface area contributed by atoms with Gasteiger partial charge in [-0.15, -0.1) is 12.4 Å². The molecule has 3 N–H and O–H groups in total. The number of aromatic nitrogens is 2. The Labute approximate surface area is 159 Å². The van der Waals surface area contributed by atoms with Gasteiger partial charge in [0.05, 0.1) is 11.4 Å². The predicted molar refractivity (Wildman–Crippen MR) is 107 cm³/mol. The van der Waals surface area contributed by atoms with Crippen molar-refractivity contribution in [3.8, 4) is 16.9 Å². The lowest BCUT2D eigenvalue weighted by Gasteiger charge is -2.02. The van der Waals surface area contributed by atoms with Crippen LogP contribution in [0.2, 0.25) is 0 Å². The first-order valence-electron chi connectivity index (χ1n) is 7.00. The van der Waals surface area contributed by atoms with Crippen LogP contribution in [0.5, 0.6) is 0 Å². The number of benzene rings is 2. The molecule has 0 fully saturated rings. The highest BCUT2D eigenvalue weighted by Crippen LogP contribution is 2.28. The van der Waals surface area contributed by atoms with Crippen LogP contribution in [-0.4, -0.2) is 14.9 Å². The fourth-order valence-corrected chi connectivity index (χ4v) is 3.18. The summed E-state index contributed by atoms with van der Waals surface area (Å²) in [7, 11) is 0. The standard InChI is InChI=1S/C17H15BrN4S.ClH/c18-14-6-4-5-12(9-14)16-13(11-23-17(19)20)10-22(21-16)15-7-2-1-3-8-15;/h1-10H,11H2,(H3,19,20);1H. The zero-order valence-electron chi connectivity index (χ0n) is 12.6. The summed E-state index contributed by atoms with van der Waals surface area (Å²) in [5.41, 5.74) is 9.48. The van der Waals surface area contributed by atoms with Gasteiger partial charge in [-0.05, 0) is 24.3 Å². The normalized spacial score (nSPS) is 10.2. The Balaban J connectivity index is 0.00000208. The smallest absolute Gasteiger partial charge is 0.151 e. The van der Waals surface area contributed by atoms with Crippen molar-refractivity contribution in [1.82, 2.24) is 9.78 Å². The molecule has 0 radical (unpaired) electrons. The molecule has 0 aliphatic rings. The van der Waals surface area contributed by atoms with E-state index in [4.69, 9.17) is 16.2 Å². The minimum absolute atomic E-state index is 0. The van der Waals surface area contributed by atoms with Crippen molar-refractivity contribution in [2.75, 3.05) is 0 Å². The van der Waals surface area contributed by atoms with E-state index in [1.54, 1.807) is 0 Å². The van der Waals surface area contributed by atoms with Crippen molar-refractivity contribution in [3.05, 3.63) is 70.8 Å². The first-order valence-corrected chi connectivity index (χ1v) is 8.78. The van der Waals surface area contributed by atoms with Gasteiger partial charge in [-0.25, -0.2) is 4.68 Å². The lowest BCUT2D eigenvalue weighted by atomic mass is 10.1. The van der Waals surface area contributed by atoms with Crippen LogP contribution in [0, 0.1) is 5.41 Å². The van der Waals surface area contributed by atoms with Gasteiger partial charge in [-0.2, -0.15) is 5.10 Å². The quantitative estimate of drug-likeness (QED) is 0.465. The third-order valence-electron chi connectivity index (χ3n) is 3.29. The molecule has 0 bridgehead atoms. The van der Waals surface area contributed by atoms with Crippen molar-refractivity contribution >= 4 is 45.3 Å². The van der Waals surface area contributed by atoms with Crippen LogP contribution in [0.25, 0.3) is 16.9 Å². The number of halogens is 2. The first kappa shape index (κ1) is 18.6. The second-order valence-corrected chi connectivity index (χ2v) is 6.88. The maximum atomic E-state index is 7.43. The molecule has 24 heavy (non-hydrogen) atoms. The lowest BCUT2D eigenvalue weighted by molar-refractivity contribution is 0.884. The highest BCUT2D eigenvalue weighted by atomic mass is 79.9. The summed E-state index contributed by atoms with van der Waals surface area (Å²) in [5, 5.41) is 12.3. The molecule has 3 rings (SSSR count). The Kier molecular flexibility index (Phi) is 6.48. The van der Waals surface area contributed by atoms with Crippen molar-refractivity contribution in [3.63, 3.8) is 0 Å². The molecule has 0 spiro atoms. The van der Waals surface area contributed by atoms with E-state index in [0.29, 0.717) is 5.75 Å². The second-order valence-electron chi connectivity index (χ2n) is 4.95. The molecular formula is C17H16BrClN4S. The molecule has 4 nitrogen and oxygen atoms in total. The van der Waals surface area contributed by atoms with Crippen molar-refractivity contribution in [2.45, 2.75) is 5.75 Å². The van der Waals surface area contributed by atoms with E-state index in [-0.39, 0.29) is 17.6 Å². The fraction of sp³-hybridized carbons (Fsp3) is 0.0588. The molecule has 0 saturated heterocycles. The molecule has 7 heteroatoms. The maximum Gasteiger partial charge on any atom is 0.151 e. The van der Waals surface area contributed by atoms with Crippen LogP contribution in [0.15, 0.2) is 65.3 Å². The van der Waals surface area contributed by atoms with Crippen molar-refractivity contribution in [2.24, 2.45) is 5.73 Å². The van der Waals surface area contributed by atoms with Crippen molar-refractivity contribution in [1.29, 1.82) is 5.41 Å². The first-order chi connectivity index (χ1) is 11.1. The maximum absolute atomic E-state index is 7.43. The van der Waals surface area contributed by atoms with Crippen LogP contribution in [0.4, 0.5) is 0 Å². The topological polar surface area (TPSA) is 67.7 Å². The third kappa shape index (κ3) is 4.41. The van der Waals surface area contributed by atoms with Gasteiger partial charge in [-0.1, -0.05) is 58.0 Å². The molecule has 0 atom stereocenters. The summed E-state index contributed by atoms with van der Waals surface area (Å²) in [6.45, 7) is 0. The molecular weight excluding hydrogens is 408 g/mol. The molecule has 0 amide bonds. The Morgan fingerprint density at radius 3 is 2.58 bits per heavy atom. The summed E-state index contributed by atoms with van der Waals surface area (Å²) < 4.78 is 2.88. The highest BCUT2D eigenvalue weighted by molar-refractivity contribution is 9.10. The third-order valence-corrected chi connectivity index (χ3v) is 4.55. The summed E-state index contributed by atoms with van der Waals surface area (Å²) in [6.07, 6.45) is 2.00. The van der Waals surface area contributed by atoms with Gasteiger partial charge < -0.3 is 5.73 Å². The molecule has 1 aromatic heterocycles. The van der Waals surface area contributed by atoms with Crippen LogP contribution in [-0.2, 0) is 5.75 Å². The molecule has 3 aromatic rings. The molecule has 0 unspecified atom stereocenters. The van der Waals surface area contributed by atoms with E-state index in [2.05, 4.69) is 15.9 Å². The average Bonchev–Trinajstić information content (AvgIpc) is 2.98. The van der Waals surface area contributed by atoms with E-state index in [0.717, 1.165) is 27.0 Å². The Morgan fingerprint density at radius 2 is 1.92 bits per heavy atom. The second kappa shape index (κ2) is 8.37. The van der Waals surface area contributed by atoms with Crippen LogP contribution in [0.3, 0.4) is 0 Å². The van der Waals surface area contributed by atoms with E-state index in [1.807, 2.05) is 65.5 Å². The average molecular weight is 424 g/mol. The number of hydrogen-bond acceptors (Lipinski definition) is 3. The number of para-hydroxylation sites is 1. The number of amidine groups is 1. The van der Waals surface area contributed by atoms with Gasteiger partial charge in [0.15, 0.2) is 5.17 Å². The van der Waals surface area contributed by atoms with E-state index in [1.165, 1.54) is 11.8 Å². The minimum atomic E-state index is 0. The van der Waals surface area contributed by atoms with E-state index < -0.39 is 0 Å². The number of nitrogens with one attached hydrogen (secondary N) is 1. The molecule has 0 aliphatic carbocycles. The Bertz CT molecular complexity index is 836. The van der Waals surface area contributed by atoms with Gasteiger partial charge in [0.2, 0.25) is 0 Å². The molecule has 2 aromatic carbocycles. The van der Waals surface area contributed by atoms with Gasteiger partial charge >= 0.3 is 0 Å². The van der Waals surface area contributed by atoms with Gasteiger partial charge in [0, 0.05) is 27.5 Å². The molecule has 1 heterocycles. The predicted octanol–water partition coefficient (Wildman–Crippen LogP) is 4.85. The Hall–Kier alpha value is -1.76. The monoisotopic (exact) mass is 422 g/mol. The summed E-state index contributed by atoms with van der Waals surface area (Å²) >= 11 is 4.81. The largest absolute Gasteiger partial charge is 0.379 e. The molecule has 124 valence electrons. The highest BCUT2D eigenvalue weighted by Gasteiger charge is 2.13. The Morgan fingerprint density at radius 1 is 1.17 bits per heavy atom. The van der Waals surface area contributed by atoms with Crippen molar-refractivity contribution < 1.29 is 0 Å².